The first kappa shape index (κ1) is 21.6. The zero-order valence-corrected chi connectivity index (χ0v) is 16.6. The van der Waals surface area contributed by atoms with Gasteiger partial charge in [-0.05, 0) is 17.7 Å². The van der Waals surface area contributed by atoms with Crippen molar-refractivity contribution in [1.29, 1.82) is 0 Å². The van der Waals surface area contributed by atoms with E-state index in [1.807, 2.05) is 0 Å². The zero-order chi connectivity index (χ0) is 12.5. The van der Waals surface area contributed by atoms with Crippen LogP contribution in [-0.2, 0) is 10.1 Å². The molecular weight excluding hydrogens is 318 g/mol. The van der Waals surface area contributed by atoms with E-state index in [0.29, 0.717) is 12.1 Å². The molecule has 1 N–H and O–H groups in total. The second-order valence-corrected chi connectivity index (χ2v) is 4.15. The molecule has 0 aliphatic carbocycles. The molecule has 7 nitrogen and oxygen atoms in total. The Morgan fingerprint density at radius 3 is 1.89 bits per heavy atom. The topological polar surface area (TPSA) is 135 Å². The van der Waals surface area contributed by atoms with Crippen molar-refractivity contribution < 1.29 is 136 Å². The smallest absolute Gasteiger partial charge is 0.545 e. The van der Waals surface area contributed by atoms with Crippen LogP contribution in [0.2, 0.25) is 0 Å². The van der Waals surface area contributed by atoms with Crippen LogP contribution in [0.1, 0.15) is 20.7 Å². The summed E-state index contributed by atoms with van der Waals surface area (Å²) in [6.45, 7) is 0. The Kier molecular flexibility index (Phi) is 10.3. The van der Waals surface area contributed by atoms with Gasteiger partial charge in [-0.25, -0.2) is 0 Å². The van der Waals surface area contributed by atoms with Crippen molar-refractivity contribution in [2.45, 2.75) is 4.90 Å². The van der Waals surface area contributed by atoms with Gasteiger partial charge in [0.05, 0.1) is 11.9 Å². The van der Waals surface area contributed by atoms with Crippen LogP contribution in [0.3, 0.4) is 0 Å². The number of rotatable bonds is 3. The number of hydrogen-bond acceptors (Lipinski definition) is 6. The van der Waals surface area contributed by atoms with Crippen molar-refractivity contribution in [3.8, 4) is 0 Å². The largest absolute Gasteiger partial charge is 1.00 e. The van der Waals surface area contributed by atoms with E-state index in [9.17, 15) is 28.2 Å². The molecular formula is C8H4K2O7S. The van der Waals surface area contributed by atoms with Crippen LogP contribution in [-0.4, -0.2) is 24.9 Å². The fourth-order valence-corrected chi connectivity index (χ4v) is 1.70. The number of aromatic carboxylic acids is 2. The average molecular weight is 322 g/mol. The van der Waals surface area contributed by atoms with Gasteiger partial charge < -0.3 is 19.8 Å². The fourth-order valence-electron chi connectivity index (χ4n) is 1.04. The summed E-state index contributed by atoms with van der Waals surface area (Å²) in [5, 5.41) is 20.9. The van der Waals surface area contributed by atoms with E-state index in [1.165, 1.54) is 0 Å². The van der Waals surface area contributed by atoms with Crippen molar-refractivity contribution in [2.24, 2.45) is 0 Å². The van der Waals surface area contributed by atoms with Gasteiger partial charge in [-0.3, -0.25) is 4.55 Å². The molecule has 1 aromatic rings. The van der Waals surface area contributed by atoms with Crippen molar-refractivity contribution >= 4 is 22.1 Å². The van der Waals surface area contributed by atoms with Gasteiger partial charge in [0, 0.05) is 5.56 Å². The van der Waals surface area contributed by atoms with E-state index >= 15 is 0 Å². The van der Waals surface area contributed by atoms with Crippen LogP contribution in [0.25, 0.3) is 0 Å². The van der Waals surface area contributed by atoms with Crippen molar-refractivity contribution in [2.75, 3.05) is 0 Å². The Labute approximate surface area is 188 Å². The molecule has 0 aliphatic rings. The second-order valence-electron chi connectivity index (χ2n) is 2.76. The molecule has 0 atom stereocenters. The summed E-state index contributed by atoms with van der Waals surface area (Å²) < 4.78 is 30.1. The molecule has 0 fully saturated rings. The maximum Gasteiger partial charge on any atom is 1.00 e. The SMILES string of the molecule is O=C([O-])c1ccc(S(=O)(=O)O)c(C(=O)[O-])c1.[K+].[K+]. The molecule has 0 amide bonds. The van der Waals surface area contributed by atoms with Gasteiger partial charge in [0.15, 0.2) is 0 Å². The Morgan fingerprint density at radius 2 is 1.56 bits per heavy atom. The van der Waals surface area contributed by atoms with Crippen LogP contribution < -0.4 is 113 Å². The molecule has 18 heavy (non-hydrogen) atoms. The first-order valence-electron chi connectivity index (χ1n) is 3.77. The van der Waals surface area contributed by atoms with Gasteiger partial charge in [-0.1, -0.05) is 6.07 Å². The Bertz CT molecular complexity index is 567. The molecule has 1 aromatic carbocycles. The first-order chi connectivity index (χ1) is 7.23. The molecule has 0 heterocycles. The number of carbonyl (C=O) groups is 2. The molecule has 0 aromatic heterocycles. The van der Waals surface area contributed by atoms with Gasteiger partial charge in [0.25, 0.3) is 10.1 Å². The normalized spacial score (nSPS) is 9.83. The quantitative estimate of drug-likeness (QED) is 0.431. The summed E-state index contributed by atoms with van der Waals surface area (Å²) in [6, 6.07) is 1.98. The molecule has 0 spiro atoms. The third kappa shape index (κ3) is 5.77. The van der Waals surface area contributed by atoms with Crippen LogP contribution >= 0.6 is 0 Å². The number of carboxylic acids is 2. The van der Waals surface area contributed by atoms with Crippen molar-refractivity contribution in [1.82, 2.24) is 0 Å². The molecule has 86 valence electrons. The van der Waals surface area contributed by atoms with Crippen LogP contribution in [0.5, 0.6) is 0 Å². The predicted octanol–water partition coefficient (Wildman–Crippen LogP) is -8.33. The summed E-state index contributed by atoms with van der Waals surface area (Å²) in [4.78, 5) is 20.0. The molecule has 0 unspecified atom stereocenters. The minimum Gasteiger partial charge on any atom is -0.545 e. The average Bonchev–Trinajstić information content (AvgIpc) is 2.15. The van der Waals surface area contributed by atoms with E-state index in [2.05, 4.69) is 0 Å². The predicted molar refractivity (Wildman–Crippen MR) is 44.9 cm³/mol. The monoisotopic (exact) mass is 322 g/mol. The Hall–Kier alpha value is 1.34. The standard InChI is InChI=1S/C8H6O7S.2K/c9-7(10)4-1-2-6(16(13,14)15)5(3-4)8(11)12;;/h1-3H,(H,9,10)(H,11,12)(H,13,14,15);;/q;2*+1/p-2. The molecule has 10 heteroatoms. The van der Waals surface area contributed by atoms with Gasteiger partial charge >= 0.3 is 103 Å². The van der Waals surface area contributed by atoms with Crippen LogP contribution in [0.4, 0.5) is 0 Å². The van der Waals surface area contributed by atoms with E-state index in [-0.39, 0.29) is 103 Å². The van der Waals surface area contributed by atoms with E-state index < -0.39 is 38.1 Å². The Morgan fingerprint density at radius 1 is 1.06 bits per heavy atom. The van der Waals surface area contributed by atoms with E-state index in [1.54, 1.807) is 0 Å². The first-order valence-corrected chi connectivity index (χ1v) is 5.21. The molecule has 0 saturated heterocycles. The van der Waals surface area contributed by atoms with Crippen LogP contribution in [0.15, 0.2) is 23.1 Å². The van der Waals surface area contributed by atoms with Crippen molar-refractivity contribution in [3.05, 3.63) is 29.3 Å². The third-order valence-corrected chi connectivity index (χ3v) is 2.62. The number of carbonyl (C=O) groups excluding carboxylic acids is 2. The number of benzene rings is 1. The Balaban J connectivity index is 0. The molecule has 0 radical (unpaired) electrons. The van der Waals surface area contributed by atoms with Crippen molar-refractivity contribution in [3.63, 3.8) is 0 Å². The van der Waals surface area contributed by atoms with E-state index in [4.69, 9.17) is 4.55 Å². The summed E-state index contributed by atoms with van der Waals surface area (Å²) in [5.41, 5.74) is -1.48. The van der Waals surface area contributed by atoms with E-state index in [0.717, 1.165) is 6.07 Å². The van der Waals surface area contributed by atoms with Gasteiger partial charge in [0.2, 0.25) is 0 Å². The van der Waals surface area contributed by atoms with Crippen LogP contribution in [0, 0.1) is 0 Å². The molecule has 1 rings (SSSR count). The van der Waals surface area contributed by atoms with Gasteiger partial charge in [0.1, 0.15) is 4.90 Å². The summed E-state index contributed by atoms with van der Waals surface area (Å²) in [6.07, 6.45) is 0. The number of carboxylic acid groups (broad SMARTS) is 2. The second kappa shape index (κ2) is 8.59. The van der Waals surface area contributed by atoms with Gasteiger partial charge in [-0.15, -0.1) is 0 Å². The zero-order valence-electron chi connectivity index (χ0n) is 9.54. The van der Waals surface area contributed by atoms with Gasteiger partial charge in [-0.2, -0.15) is 8.42 Å². The maximum absolute atomic E-state index is 10.7. The molecule has 0 aliphatic heterocycles. The summed E-state index contributed by atoms with van der Waals surface area (Å²) in [7, 11) is -4.76. The third-order valence-electron chi connectivity index (χ3n) is 1.71. The fraction of sp³-hybridized carbons (Fsp3) is 0. The minimum atomic E-state index is -4.76. The molecule has 0 bridgehead atoms. The minimum absolute atomic E-state index is 0. The summed E-state index contributed by atoms with van der Waals surface area (Å²) in [5.74, 6) is -3.60. The number of hydrogen-bond donors (Lipinski definition) is 1. The summed E-state index contributed by atoms with van der Waals surface area (Å²) >= 11 is 0. The maximum atomic E-state index is 10.7. The molecule has 0 saturated carbocycles.